The molecule has 0 saturated carbocycles. The lowest BCUT2D eigenvalue weighted by Gasteiger charge is -2.18. The van der Waals surface area contributed by atoms with E-state index in [-0.39, 0.29) is 5.92 Å². The van der Waals surface area contributed by atoms with Gasteiger partial charge in [-0.2, -0.15) is 0 Å². The van der Waals surface area contributed by atoms with Crippen molar-refractivity contribution < 1.29 is 9.84 Å². The zero-order valence-electron chi connectivity index (χ0n) is 10.3. The molecule has 2 aromatic rings. The third-order valence-electron chi connectivity index (χ3n) is 3.08. The third-order valence-corrected chi connectivity index (χ3v) is 3.08. The van der Waals surface area contributed by atoms with Gasteiger partial charge in [-0.25, -0.2) is 0 Å². The lowest BCUT2D eigenvalue weighted by molar-refractivity contribution is 0.0567. The van der Waals surface area contributed by atoms with E-state index in [1.165, 1.54) is 5.39 Å². The molecule has 0 aliphatic rings. The molecule has 0 radical (unpaired) electrons. The van der Waals surface area contributed by atoms with E-state index in [0.717, 1.165) is 10.9 Å². The van der Waals surface area contributed by atoms with Crippen LogP contribution in [-0.4, -0.2) is 18.8 Å². The largest absolute Gasteiger partial charge is 0.388 e. The molecule has 1 N–H and O–H groups in total. The van der Waals surface area contributed by atoms with Crippen LogP contribution in [0.5, 0.6) is 0 Å². The Morgan fingerprint density at radius 3 is 2.53 bits per heavy atom. The third kappa shape index (κ3) is 2.65. The van der Waals surface area contributed by atoms with Crippen molar-refractivity contribution in [3.8, 4) is 0 Å². The Balaban J connectivity index is 2.29. The Labute approximate surface area is 102 Å². The van der Waals surface area contributed by atoms with Gasteiger partial charge >= 0.3 is 0 Å². The number of ether oxygens (including phenoxy) is 1. The van der Waals surface area contributed by atoms with Crippen molar-refractivity contribution in [1.29, 1.82) is 0 Å². The van der Waals surface area contributed by atoms with Crippen LogP contribution in [0.15, 0.2) is 42.5 Å². The fourth-order valence-electron chi connectivity index (χ4n) is 2.07. The van der Waals surface area contributed by atoms with Gasteiger partial charge in [-0.1, -0.05) is 43.3 Å². The first-order valence-corrected chi connectivity index (χ1v) is 5.88. The topological polar surface area (TPSA) is 29.5 Å². The molecule has 2 heteroatoms. The highest BCUT2D eigenvalue weighted by atomic mass is 16.5. The molecule has 2 atom stereocenters. The van der Waals surface area contributed by atoms with Crippen LogP contribution in [0.25, 0.3) is 10.8 Å². The van der Waals surface area contributed by atoms with Crippen LogP contribution < -0.4 is 0 Å². The van der Waals surface area contributed by atoms with E-state index in [1.54, 1.807) is 7.11 Å². The second-order valence-corrected chi connectivity index (χ2v) is 4.48. The second kappa shape index (κ2) is 5.30. The Morgan fingerprint density at radius 1 is 1.12 bits per heavy atom. The van der Waals surface area contributed by atoms with Crippen LogP contribution in [0.1, 0.15) is 18.6 Å². The van der Waals surface area contributed by atoms with Crippen molar-refractivity contribution in [2.24, 2.45) is 5.92 Å². The summed E-state index contributed by atoms with van der Waals surface area (Å²) in [6, 6.07) is 14.2. The fraction of sp³-hybridized carbons (Fsp3) is 0.333. The van der Waals surface area contributed by atoms with Gasteiger partial charge in [-0.15, -0.1) is 0 Å². The molecule has 2 nitrogen and oxygen atoms in total. The van der Waals surface area contributed by atoms with Gasteiger partial charge in [0.2, 0.25) is 0 Å². The molecule has 0 aromatic heterocycles. The Bertz CT molecular complexity index is 493. The predicted octanol–water partition coefficient (Wildman–Crippen LogP) is 3.16. The van der Waals surface area contributed by atoms with Crippen LogP contribution >= 0.6 is 0 Å². The molecule has 0 heterocycles. The molecule has 0 amide bonds. The summed E-state index contributed by atoms with van der Waals surface area (Å²) in [6.07, 6.45) is -0.473. The number of aliphatic hydroxyl groups is 1. The molecule has 0 aliphatic carbocycles. The SMILES string of the molecule is COCC(C)C(O)c1ccc2ccccc2c1. The van der Waals surface area contributed by atoms with E-state index in [9.17, 15) is 5.11 Å². The lowest BCUT2D eigenvalue weighted by atomic mass is 9.96. The standard InChI is InChI=1S/C15H18O2/c1-11(10-17-2)15(16)14-8-7-12-5-3-4-6-13(12)9-14/h3-9,11,15-16H,10H2,1-2H3. The van der Waals surface area contributed by atoms with Crippen molar-refractivity contribution in [2.45, 2.75) is 13.0 Å². The molecule has 0 saturated heterocycles. The van der Waals surface area contributed by atoms with Crippen LogP contribution in [0.3, 0.4) is 0 Å². The van der Waals surface area contributed by atoms with Crippen LogP contribution in [0.4, 0.5) is 0 Å². The van der Waals surface area contributed by atoms with Crippen molar-refractivity contribution in [3.05, 3.63) is 48.0 Å². The van der Waals surface area contributed by atoms with E-state index in [4.69, 9.17) is 4.74 Å². The molecule has 0 fully saturated rings. The monoisotopic (exact) mass is 230 g/mol. The summed E-state index contributed by atoms with van der Waals surface area (Å²) in [5, 5.41) is 12.6. The maximum Gasteiger partial charge on any atom is 0.0837 e. The van der Waals surface area contributed by atoms with Gasteiger partial charge in [-0.05, 0) is 22.4 Å². The highest BCUT2D eigenvalue weighted by Crippen LogP contribution is 2.25. The van der Waals surface area contributed by atoms with Gasteiger partial charge in [0.15, 0.2) is 0 Å². The van der Waals surface area contributed by atoms with Gasteiger partial charge in [0.25, 0.3) is 0 Å². The van der Waals surface area contributed by atoms with E-state index >= 15 is 0 Å². The minimum atomic E-state index is -0.473. The van der Waals surface area contributed by atoms with Crippen LogP contribution in [0.2, 0.25) is 0 Å². The van der Waals surface area contributed by atoms with Gasteiger partial charge < -0.3 is 9.84 Å². The maximum atomic E-state index is 10.2. The minimum absolute atomic E-state index is 0.0983. The van der Waals surface area contributed by atoms with E-state index in [0.29, 0.717) is 6.61 Å². The molecule has 0 bridgehead atoms. The molecule has 0 spiro atoms. The van der Waals surface area contributed by atoms with Crippen molar-refractivity contribution in [3.63, 3.8) is 0 Å². The summed E-state index contributed by atoms with van der Waals surface area (Å²) in [4.78, 5) is 0. The number of fused-ring (bicyclic) bond motifs is 1. The summed E-state index contributed by atoms with van der Waals surface area (Å²) < 4.78 is 5.07. The van der Waals surface area contributed by atoms with Gasteiger partial charge in [0.1, 0.15) is 0 Å². The van der Waals surface area contributed by atoms with Crippen molar-refractivity contribution in [1.82, 2.24) is 0 Å². The summed E-state index contributed by atoms with van der Waals surface area (Å²) in [5.41, 5.74) is 0.952. The number of methoxy groups -OCH3 is 1. The van der Waals surface area contributed by atoms with E-state index in [2.05, 4.69) is 12.1 Å². The Kier molecular flexibility index (Phi) is 3.77. The average Bonchev–Trinajstić information content (AvgIpc) is 2.37. The van der Waals surface area contributed by atoms with Crippen molar-refractivity contribution in [2.75, 3.05) is 13.7 Å². The normalized spacial score (nSPS) is 14.8. The smallest absolute Gasteiger partial charge is 0.0837 e. The van der Waals surface area contributed by atoms with Gasteiger partial charge in [-0.3, -0.25) is 0 Å². The molecular formula is C15H18O2. The number of hydrogen-bond donors (Lipinski definition) is 1. The van der Waals surface area contributed by atoms with E-state index in [1.807, 2.05) is 37.3 Å². The zero-order chi connectivity index (χ0) is 12.3. The molecule has 90 valence electrons. The first-order chi connectivity index (χ1) is 8.22. The highest BCUT2D eigenvalue weighted by Gasteiger charge is 2.16. The first-order valence-electron chi connectivity index (χ1n) is 5.88. The lowest BCUT2D eigenvalue weighted by Crippen LogP contribution is -2.14. The van der Waals surface area contributed by atoms with Crippen LogP contribution in [-0.2, 0) is 4.74 Å². The predicted molar refractivity (Wildman–Crippen MR) is 69.9 cm³/mol. The molecular weight excluding hydrogens is 212 g/mol. The minimum Gasteiger partial charge on any atom is -0.388 e. The van der Waals surface area contributed by atoms with E-state index < -0.39 is 6.10 Å². The molecule has 2 unspecified atom stereocenters. The quantitative estimate of drug-likeness (QED) is 0.874. The molecule has 2 rings (SSSR count). The number of aliphatic hydroxyl groups excluding tert-OH is 1. The number of hydrogen-bond acceptors (Lipinski definition) is 2. The summed E-state index contributed by atoms with van der Waals surface area (Å²) in [7, 11) is 1.66. The van der Waals surface area contributed by atoms with Crippen molar-refractivity contribution >= 4 is 10.8 Å². The first kappa shape index (κ1) is 12.1. The Morgan fingerprint density at radius 2 is 1.82 bits per heavy atom. The molecule has 0 aliphatic heterocycles. The summed E-state index contributed by atoms with van der Waals surface area (Å²) in [6.45, 7) is 2.55. The number of benzene rings is 2. The number of rotatable bonds is 4. The average molecular weight is 230 g/mol. The molecule has 2 aromatic carbocycles. The maximum absolute atomic E-state index is 10.2. The summed E-state index contributed by atoms with van der Waals surface area (Å²) >= 11 is 0. The highest BCUT2D eigenvalue weighted by molar-refractivity contribution is 5.83. The van der Waals surface area contributed by atoms with Gasteiger partial charge in [0.05, 0.1) is 12.7 Å². The van der Waals surface area contributed by atoms with Gasteiger partial charge in [0, 0.05) is 13.0 Å². The molecule has 17 heavy (non-hydrogen) atoms. The summed E-state index contributed by atoms with van der Waals surface area (Å²) in [5.74, 6) is 0.0983. The second-order valence-electron chi connectivity index (χ2n) is 4.48. The zero-order valence-corrected chi connectivity index (χ0v) is 10.3. The van der Waals surface area contributed by atoms with Crippen LogP contribution in [0, 0.1) is 5.92 Å². The fourth-order valence-corrected chi connectivity index (χ4v) is 2.07. The Hall–Kier alpha value is -1.38.